The third-order valence-electron chi connectivity index (χ3n) is 5.44. The Morgan fingerprint density at radius 3 is 2.27 bits per heavy atom. The number of nitrogens with zero attached hydrogens (tertiary/aromatic N) is 5. The summed E-state index contributed by atoms with van der Waals surface area (Å²) in [5.74, 6) is 1.24. The monoisotopic (exact) mass is 441 g/mol. The van der Waals surface area contributed by atoms with Gasteiger partial charge in [0.05, 0.1) is 16.7 Å². The molecule has 0 saturated heterocycles. The van der Waals surface area contributed by atoms with Gasteiger partial charge in [0.1, 0.15) is 18.0 Å². The van der Waals surface area contributed by atoms with Crippen LogP contribution in [0.2, 0.25) is 0 Å². The molecule has 1 atom stereocenters. The molecule has 2 heterocycles. The van der Waals surface area contributed by atoms with Crippen molar-refractivity contribution in [2.45, 2.75) is 20.8 Å². The van der Waals surface area contributed by atoms with Gasteiger partial charge in [-0.25, -0.2) is 14.1 Å². The van der Waals surface area contributed by atoms with E-state index in [1.165, 1.54) is 12.1 Å². The minimum atomic E-state index is -2.38. The Labute approximate surface area is 182 Å². The fraction of sp³-hybridized carbons (Fsp3) is 0.273. The summed E-state index contributed by atoms with van der Waals surface area (Å²) in [5.41, 5.74) is 2.68. The lowest BCUT2D eigenvalue weighted by molar-refractivity contribution is 0.487. The molecule has 3 aromatic rings. The first-order valence-electron chi connectivity index (χ1n) is 10.0. The van der Waals surface area contributed by atoms with Crippen molar-refractivity contribution in [2.75, 3.05) is 20.1 Å². The number of aryl methyl sites for hydroxylation is 1. The van der Waals surface area contributed by atoms with E-state index >= 15 is 0 Å². The first kappa shape index (κ1) is 20.9. The van der Waals surface area contributed by atoms with Crippen LogP contribution in [0.25, 0.3) is 5.69 Å². The molecule has 0 N–H and O–H groups in total. The van der Waals surface area contributed by atoms with Crippen LogP contribution in [0, 0.1) is 12.7 Å². The van der Waals surface area contributed by atoms with Gasteiger partial charge >= 0.3 is 0 Å². The number of aromatic nitrogens is 2. The summed E-state index contributed by atoms with van der Waals surface area (Å²) >= 11 is 6.46. The fourth-order valence-electron chi connectivity index (χ4n) is 3.94. The minimum Gasteiger partial charge on any atom is -0.316 e. The van der Waals surface area contributed by atoms with Crippen LogP contribution in [0.15, 0.2) is 59.6 Å². The number of amidine groups is 1. The average Bonchev–Trinajstić information content (AvgIpc) is 3.10. The molecule has 0 bridgehead atoms. The summed E-state index contributed by atoms with van der Waals surface area (Å²) in [6.45, 7) is 7.92. The number of halogens is 1. The lowest BCUT2D eigenvalue weighted by Gasteiger charge is -2.43. The zero-order valence-electron chi connectivity index (χ0n) is 17.6. The van der Waals surface area contributed by atoms with Gasteiger partial charge in [-0.1, -0.05) is 43.9 Å². The Hall–Kier alpha value is -2.34. The molecule has 1 aromatic heterocycles. The zero-order valence-corrected chi connectivity index (χ0v) is 19.3. The van der Waals surface area contributed by atoms with Gasteiger partial charge in [0.25, 0.3) is 0 Å². The zero-order chi connectivity index (χ0) is 21.5. The van der Waals surface area contributed by atoms with Crippen LogP contribution in [-0.4, -0.2) is 45.1 Å². The number of hydrogen-bond acceptors (Lipinski definition) is 3. The maximum Gasteiger partial charge on any atom is 0.169 e. The normalized spacial score (nSPS) is 18.5. The molecule has 156 valence electrons. The molecule has 30 heavy (non-hydrogen) atoms. The van der Waals surface area contributed by atoms with Gasteiger partial charge in [-0.2, -0.15) is 5.10 Å². The van der Waals surface area contributed by atoms with Crippen LogP contribution in [0.1, 0.15) is 25.1 Å². The maximum atomic E-state index is 13.6. The van der Waals surface area contributed by atoms with Crippen LogP contribution in [0.5, 0.6) is 0 Å². The average molecular weight is 442 g/mol. The number of para-hydroxylation sites is 1. The van der Waals surface area contributed by atoms with Gasteiger partial charge in [0, 0.05) is 25.7 Å². The molecular formula is C22H25FN5PS. The Kier molecular flexibility index (Phi) is 5.62. The highest BCUT2D eigenvalue weighted by atomic mass is 32.4. The predicted molar refractivity (Wildman–Crippen MR) is 126 cm³/mol. The molecule has 0 saturated carbocycles. The molecule has 0 aliphatic carbocycles. The number of fused-ring (bicyclic) bond motifs is 1. The van der Waals surface area contributed by atoms with Crippen LogP contribution in [0.4, 0.5) is 10.2 Å². The van der Waals surface area contributed by atoms with Gasteiger partial charge in [-0.05, 0) is 43.3 Å². The number of rotatable bonds is 5. The lowest BCUT2D eigenvalue weighted by atomic mass is 10.2. The van der Waals surface area contributed by atoms with E-state index < -0.39 is 6.34 Å². The van der Waals surface area contributed by atoms with E-state index in [4.69, 9.17) is 21.9 Å². The van der Waals surface area contributed by atoms with Crippen molar-refractivity contribution in [2.24, 2.45) is 4.99 Å². The van der Waals surface area contributed by atoms with Crippen LogP contribution in [-0.2, 0) is 11.8 Å². The highest BCUT2D eigenvalue weighted by Crippen LogP contribution is 2.57. The number of benzene rings is 2. The Morgan fingerprint density at radius 2 is 1.67 bits per heavy atom. The molecule has 0 spiro atoms. The Bertz CT molecular complexity index is 1140. The maximum absolute atomic E-state index is 13.6. The second-order valence-electron chi connectivity index (χ2n) is 7.15. The third kappa shape index (κ3) is 3.22. The number of hydrogen-bond donors (Lipinski definition) is 0. The molecule has 8 heteroatoms. The van der Waals surface area contributed by atoms with Crippen molar-refractivity contribution in [1.82, 2.24) is 19.1 Å². The molecule has 1 aliphatic heterocycles. The third-order valence-corrected chi connectivity index (χ3v) is 10.9. The van der Waals surface area contributed by atoms with E-state index in [2.05, 4.69) is 23.2 Å². The summed E-state index contributed by atoms with van der Waals surface area (Å²) < 4.78 is 19.9. The molecular weight excluding hydrogens is 416 g/mol. The molecule has 0 radical (unpaired) electrons. The van der Waals surface area contributed by atoms with Crippen molar-refractivity contribution in [3.8, 4) is 5.69 Å². The van der Waals surface area contributed by atoms with Crippen molar-refractivity contribution in [1.29, 1.82) is 0 Å². The molecule has 4 rings (SSSR count). The van der Waals surface area contributed by atoms with Gasteiger partial charge in [-0.15, -0.1) is 0 Å². The molecule has 1 aliphatic rings. The molecule has 5 nitrogen and oxygen atoms in total. The molecule has 2 aromatic carbocycles. The highest BCUT2D eigenvalue weighted by molar-refractivity contribution is 8.16. The quantitative estimate of drug-likeness (QED) is 0.542. The second kappa shape index (κ2) is 8.06. The van der Waals surface area contributed by atoms with E-state index in [-0.39, 0.29) is 5.82 Å². The van der Waals surface area contributed by atoms with Crippen LogP contribution in [0.3, 0.4) is 0 Å². The van der Waals surface area contributed by atoms with E-state index in [0.29, 0.717) is 0 Å². The SMILES string of the molecule is CCN(CC)[P@@]1(=S)c2c(C)nn(-c3ccccc3)c2N=C(c2ccc(F)cc2)N1C. The summed E-state index contributed by atoms with van der Waals surface area (Å²) in [4.78, 5) is 5.02. The van der Waals surface area contributed by atoms with Gasteiger partial charge in [0.15, 0.2) is 5.82 Å². The van der Waals surface area contributed by atoms with E-state index in [1.54, 1.807) is 12.1 Å². The number of aliphatic imine (C=N–C) groups is 1. The predicted octanol–water partition coefficient (Wildman–Crippen LogP) is 4.62. The standard InChI is InChI=1S/C22H25FN5PS/c1-5-27(6-2)29(30)20-16(3)25-28(19-10-8-7-9-11-19)22(20)24-21(26(29)4)17-12-14-18(23)15-13-17/h7-15H,5-6H2,1-4H3/t29-/m1/s1. The van der Waals surface area contributed by atoms with Crippen molar-refractivity contribution >= 4 is 35.1 Å². The minimum absolute atomic E-state index is 0.271. The van der Waals surface area contributed by atoms with Crippen molar-refractivity contribution < 1.29 is 4.39 Å². The summed E-state index contributed by atoms with van der Waals surface area (Å²) in [7, 11) is 2.00. The molecule has 0 amide bonds. The van der Waals surface area contributed by atoms with Gasteiger partial charge in [-0.3, -0.25) is 4.67 Å². The van der Waals surface area contributed by atoms with E-state index in [9.17, 15) is 4.39 Å². The summed E-state index contributed by atoms with van der Waals surface area (Å²) in [5, 5.41) is 5.87. The van der Waals surface area contributed by atoms with Crippen LogP contribution >= 0.6 is 6.34 Å². The summed E-state index contributed by atoms with van der Waals surface area (Å²) in [6.07, 6.45) is -2.38. The molecule has 0 unspecified atom stereocenters. The smallest absolute Gasteiger partial charge is 0.169 e. The van der Waals surface area contributed by atoms with Gasteiger partial charge < -0.3 is 4.67 Å². The Morgan fingerprint density at radius 1 is 1.03 bits per heavy atom. The van der Waals surface area contributed by atoms with E-state index in [0.717, 1.165) is 47.0 Å². The largest absolute Gasteiger partial charge is 0.316 e. The fourth-order valence-corrected chi connectivity index (χ4v) is 8.52. The molecule has 0 fully saturated rings. The van der Waals surface area contributed by atoms with Gasteiger partial charge in [0.2, 0.25) is 0 Å². The van der Waals surface area contributed by atoms with E-state index in [1.807, 2.05) is 49.0 Å². The summed E-state index contributed by atoms with van der Waals surface area (Å²) in [6, 6.07) is 16.4. The van der Waals surface area contributed by atoms with Crippen LogP contribution < -0.4 is 5.30 Å². The van der Waals surface area contributed by atoms with Crippen molar-refractivity contribution in [3.63, 3.8) is 0 Å². The Balaban J connectivity index is 2.03. The lowest BCUT2D eigenvalue weighted by Crippen LogP contribution is -2.41. The second-order valence-corrected chi connectivity index (χ2v) is 11.4. The first-order chi connectivity index (χ1) is 14.4. The first-order valence-corrected chi connectivity index (χ1v) is 12.7. The van der Waals surface area contributed by atoms with Crippen molar-refractivity contribution in [3.05, 3.63) is 71.7 Å². The highest BCUT2D eigenvalue weighted by Gasteiger charge is 2.42. The topological polar surface area (TPSA) is 36.7 Å².